The van der Waals surface area contributed by atoms with Crippen molar-refractivity contribution in [2.75, 3.05) is 6.61 Å². The average molecular weight is 431 g/mol. The zero-order valence-corrected chi connectivity index (χ0v) is 18.2. The molecule has 1 saturated carbocycles. The van der Waals surface area contributed by atoms with E-state index in [2.05, 4.69) is 36.3 Å². The summed E-state index contributed by atoms with van der Waals surface area (Å²) in [5.74, 6) is 0.730. The Morgan fingerprint density at radius 3 is 2.31 bits per heavy atom. The first-order chi connectivity index (χ1) is 15.5. The first kappa shape index (κ1) is 20.5. The Bertz CT molecular complexity index is 1080. The molecule has 0 aromatic heterocycles. The number of nitrogens with zero attached hydrogens (tertiary/aromatic N) is 2. The van der Waals surface area contributed by atoms with Gasteiger partial charge < -0.3 is 9.47 Å². The Balaban J connectivity index is 1.30. The summed E-state index contributed by atoms with van der Waals surface area (Å²) >= 11 is 0. The molecule has 2 amide bonds. The van der Waals surface area contributed by atoms with Gasteiger partial charge in [0.05, 0.1) is 24.7 Å². The van der Waals surface area contributed by atoms with Gasteiger partial charge in [0.25, 0.3) is 11.8 Å². The summed E-state index contributed by atoms with van der Waals surface area (Å²) in [5, 5.41) is 5.31. The fourth-order valence-electron chi connectivity index (χ4n) is 4.96. The maximum absolute atomic E-state index is 12.8. The van der Waals surface area contributed by atoms with Crippen LogP contribution >= 0.6 is 0 Å². The summed E-state index contributed by atoms with van der Waals surface area (Å²) in [4.78, 5) is 25.6. The van der Waals surface area contributed by atoms with E-state index < -0.39 is 0 Å². The number of imide groups is 1. The summed E-state index contributed by atoms with van der Waals surface area (Å²) < 4.78 is 11.7. The van der Waals surface area contributed by atoms with Crippen molar-refractivity contribution in [2.24, 2.45) is 28.8 Å². The van der Waals surface area contributed by atoms with Gasteiger partial charge in [-0.15, -0.1) is 0 Å². The molecule has 1 heterocycles. The van der Waals surface area contributed by atoms with Crippen LogP contribution in [0.4, 0.5) is 0 Å². The summed E-state index contributed by atoms with van der Waals surface area (Å²) in [7, 11) is 0. The van der Waals surface area contributed by atoms with Crippen LogP contribution in [-0.2, 0) is 16.2 Å². The molecule has 0 spiro atoms. The normalized spacial score (nSPS) is 25.8. The quantitative estimate of drug-likeness (QED) is 0.377. The van der Waals surface area contributed by atoms with Crippen LogP contribution in [0.15, 0.2) is 59.7 Å². The lowest BCUT2D eigenvalue weighted by Gasteiger charge is -2.13. The van der Waals surface area contributed by atoms with Crippen LogP contribution in [0.5, 0.6) is 11.5 Å². The SMILES string of the molecule is CCOc1cc(C=NN2C(=O)[C@@H]3[C@H](C2=O)[C@H]2C=C[C@H]3C2)ccc1OCc1ccc(C)cc1. The monoisotopic (exact) mass is 430 g/mol. The highest BCUT2D eigenvalue weighted by Crippen LogP contribution is 2.52. The fraction of sp³-hybridized carbons (Fsp3) is 0.346. The van der Waals surface area contributed by atoms with E-state index in [0.29, 0.717) is 24.7 Å². The molecule has 6 nitrogen and oxygen atoms in total. The van der Waals surface area contributed by atoms with Crippen molar-refractivity contribution in [3.8, 4) is 11.5 Å². The summed E-state index contributed by atoms with van der Waals surface area (Å²) in [6.45, 7) is 4.88. The molecule has 6 heteroatoms. The molecule has 2 aliphatic carbocycles. The number of ether oxygens (including phenoxy) is 2. The van der Waals surface area contributed by atoms with E-state index in [1.54, 1.807) is 6.21 Å². The van der Waals surface area contributed by atoms with E-state index in [0.717, 1.165) is 22.6 Å². The largest absolute Gasteiger partial charge is 0.490 e. The molecule has 5 rings (SSSR count). The lowest BCUT2D eigenvalue weighted by Crippen LogP contribution is -2.28. The highest BCUT2D eigenvalue weighted by Gasteiger charge is 2.59. The van der Waals surface area contributed by atoms with Gasteiger partial charge in [0.15, 0.2) is 11.5 Å². The molecular formula is C26H26N2O4. The Labute approximate surface area is 187 Å². The first-order valence-electron chi connectivity index (χ1n) is 11.1. The number of carbonyl (C=O) groups is 2. The second-order valence-electron chi connectivity index (χ2n) is 8.65. The molecule has 2 bridgehead atoms. The Morgan fingerprint density at radius 1 is 0.969 bits per heavy atom. The first-order valence-corrected chi connectivity index (χ1v) is 11.1. The number of hydrogen-bond donors (Lipinski definition) is 0. The van der Waals surface area contributed by atoms with Gasteiger partial charge in [-0.2, -0.15) is 10.1 Å². The predicted octanol–water partition coefficient (Wildman–Crippen LogP) is 4.11. The van der Waals surface area contributed by atoms with Crippen molar-refractivity contribution in [1.29, 1.82) is 0 Å². The third kappa shape index (κ3) is 3.60. The lowest BCUT2D eigenvalue weighted by atomic mass is 9.85. The van der Waals surface area contributed by atoms with Crippen molar-refractivity contribution >= 4 is 18.0 Å². The van der Waals surface area contributed by atoms with Crippen LogP contribution in [0, 0.1) is 30.6 Å². The zero-order valence-electron chi connectivity index (χ0n) is 18.2. The molecule has 0 unspecified atom stereocenters. The van der Waals surface area contributed by atoms with E-state index in [1.165, 1.54) is 5.56 Å². The van der Waals surface area contributed by atoms with Crippen molar-refractivity contribution < 1.29 is 19.1 Å². The number of rotatable bonds is 7. The minimum Gasteiger partial charge on any atom is -0.490 e. The van der Waals surface area contributed by atoms with Crippen molar-refractivity contribution in [3.63, 3.8) is 0 Å². The van der Waals surface area contributed by atoms with Crippen molar-refractivity contribution in [1.82, 2.24) is 5.01 Å². The topological polar surface area (TPSA) is 68.2 Å². The number of aryl methyl sites for hydroxylation is 1. The van der Waals surface area contributed by atoms with E-state index in [9.17, 15) is 9.59 Å². The smallest absolute Gasteiger partial charge is 0.254 e. The van der Waals surface area contributed by atoms with E-state index in [-0.39, 0.29) is 35.5 Å². The minimum atomic E-state index is -0.244. The maximum Gasteiger partial charge on any atom is 0.254 e. The minimum absolute atomic E-state index is 0.177. The molecule has 32 heavy (non-hydrogen) atoms. The molecule has 3 aliphatic rings. The number of fused-ring (bicyclic) bond motifs is 5. The number of hydrogen-bond acceptors (Lipinski definition) is 5. The Kier molecular flexibility index (Phi) is 5.29. The summed E-state index contributed by atoms with van der Waals surface area (Å²) in [5.41, 5.74) is 3.01. The van der Waals surface area contributed by atoms with Crippen molar-refractivity contribution in [2.45, 2.75) is 26.9 Å². The average Bonchev–Trinajstić information content (AvgIpc) is 3.47. The number of allylic oxidation sites excluding steroid dienone is 2. The van der Waals surface area contributed by atoms with Gasteiger partial charge >= 0.3 is 0 Å². The van der Waals surface area contributed by atoms with Gasteiger partial charge in [0, 0.05) is 0 Å². The molecule has 1 aliphatic heterocycles. The molecule has 4 atom stereocenters. The Morgan fingerprint density at radius 2 is 1.66 bits per heavy atom. The van der Waals surface area contributed by atoms with Gasteiger partial charge in [-0.3, -0.25) is 9.59 Å². The number of carbonyl (C=O) groups excluding carboxylic acids is 2. The van der Waals surface area contributed by atoms with Crippen molar-refractivity contribution in [3.05, 3.63) is 71.3 Å². The molecule has 2 fully saturated rings. The third-order valence-electron chi connectivity index (χ3n) is 6.55. The van der Waals surface area contributed by atoms with Crippen LogP contribution in [-0.4, -0.2) is 29.6 Å². The fourth-order valence-corrected chi connectivity index (χ4v) is 4.96. The molecule has 2 aromatic carbocycles. The molecule has 164 valence electrons. The Hall–Kier alpha value is -3.41. The molecule has 0 N–H and O–H groups in total. The van der Waals surface area contributed by atoms with Gasteiger partial charge in [-0.05, 0) is 61.4 Å². The second-order valence-corrected chi connectivity index (χ2v) is 8.65. The zero-order chi connectivity index (χ0) is 22.2. The standard InChI is InChI=1S/C26H26N2O4/c1-3-31-22-12-18(8-11-21(22)32-15-17-6-4-16(2)5-7-17)14-27-28-25(29)23-19-9-10-20(13-19)24(23)26(28)30/h4-12,14,19-20,23-24H,3,13,15H2,1-2H3/t19-,20-,23-,24+/m0/s1. The molecule has 1 saturated heterocycles. The summed E-state index contributed by atoms with van der Waals surface area (Å²) in [6.07, 6.45) is 6.60. The highest BCUT2D eigenvalue weighted by atomic mass is 16.5. The van der Waals surface area contributed by atoms with Gasteiger partial charge in [0.1, 0.15) is 6.61 Å². The van der Waals surface area contributed by atoms with Crippen LogP contribution in [0.2, 0.25) is 0 Å². The highest BCUT2D eigenvalue weighted by molar-refractivity contribution is 6.06. The van der Waals surface area contributed by atoms with Crippen LogP contribution in [0.25, 0.3) is 0 Å². The van der Waals surface area contributed by atoms with Crippen LogP contribution in [0.3, 0.4) is 0 Å². The van der Waals surface area contributed by atoms with E-state index >= 15 is 0 Å². The van der Waals surface area contributed by atoms with E-state index in [1.807, 2.05) is 37.3 Å². The molecule has 2 aromatic rings. The second kappa shape index (κ2) is 8.26. The van der Waals surface area contributed by atoms with Gasteiger partial charge in [-0.1, -0.05) is 42.0 Å². The number of amides is 2. The maximum atomic E-state index is 12.8. The third-order valence-corrected chi connectivity index (χ3v) is 6.55. The number of hydrazone groups is 1. The molecular weight excluding hydrogens is 404 g/mol. The van der Waals surface area contributed by atoms with Gasteiger partial charge in [-0.25, -0.2) is 0 Å². The lowest BCUT2D eigenvalue weighted by molar-refractivity contribution is -0.140. The van der Waals surface area contributed by atoms with E-state index in [4.69, 9.17) is 9.47 Å². The van der Waals surface area contributed by atoms with Crippen LogP contribution in [0.1, 0.15) is 30.0 Å². The van der Waals surface area contributed by atoms with Crippen LogP contribution < -0.4 is 9.47 Å². The number of benzene rings is 2. The summed E-state index contributed by atoms with van der Waals surface area (Å²) in [6, 6.07) is 13.7. The van der Waals surface area contributed by atoms with Gasteiger partial charge in [0.2, 0.25) is 0 Å². The predicted molar refractivity (Wildman–Crippen MR) is 120 cm³/mol. The molecule has 0 radical (unpaired) electrons.